The number of hydrogen-bond donors (Lipinski definition) is 2. The van der Waals surface area contributed by atoms with Crippen LogP contribution in [0.5, 0.6) is 0 Å². The van der Waals surface area contributed by atoms with Gasteiger partial charge in [-0.1, -0.05) is 17.7 Å². The Morgan fingerprint density at radius 2 is 2.38 bits per heavy atom. The largest absolute Gasteiger partial charge is 0.397 e. The van der Waals surface area contributed by atoms with Crippen molar-refractivity contribution in [1.29, 1.82) is 0 Å². The maximum Gasteiger partial charge on any atom is 0.0763 e. The van der Waals surface area contributed by atoms with Gasteiger partial charge in [0.1, 0.15) is 0 Å². The van der Waals surface area contributed by atoms with Crippen molar-refractivity contribution in [2.45, 2.75) is 19.4 Å². The molecule has 2 rings (SSSR count). The van der Waals surface area contributed by atoms with Gasteiger partial charge in [0.25, 0.3) is 0 Å². The minimum absolute atomic E-state index is 0.316. The maximum absolute atomic E-state index is 6.08. The van der Waals surface area contributed by atoms with Gasteiger partial charge in [-0.15, -0.1) is 0 Å². The van der Waals surface area contributed by atoms with Crippen molar-refractivity contribution in [3.63, 3.8) is 0 Å². The fourth-order valence-corrected chi connectivity index (χ4v) is 2.25. The Bertz CT molecular complexity index is 350. The summed E-state index contributed by atoms with van der Waals surface area (Å²) in [5.41, 5.74) is 7.39. The van der Waals surface area contributed by atoms with Crippen LogP contribution in [0.3, 0.4) is 0 Å². The van der Waals surface area contributed by atoms with Gasteiger partial charge in [-0.25, -0.2) is 0 Å². The zero-order chi connectivity index (χ0) is 11.5. The highest BCUT2D eigenvalue weighted by Crippen LogP contribution is 2.29. The number of nitrogen functional groups attached to an aromatic ring is 1. The first-order valence-corrected chi connectivity index (χ1v) is 5.95. The summed E-state index contributed by atoms with van der Waals surface area (Å²) >= 11 is 6.08. The minimum Gasteiger partial charge on any atom is -0.397 e. The van der Waals surface area contributed by atoms with Crippen LogP contribution in [0, 0.1) is 5.92 Å². The molecule has 0 aliphatic carbocycles. The highest BCUT2D eigenvalue weighted by Gasteiger charge is 2.24. The third kappa shape index (κ3) is 2.42. The molecule has 1 fully saturated rings. The van der Waals surface area contributed by atoms with Crippen LogP contribution >= 0.6 is 11.6 Å². The first-order chi connectivity index (χ1) is 7.68. The smallest absolute Gasteiger partial charge is 0.0763 e. The van der Waals surface area contributed by atoms with Gasteiger partial charge in [0.15, 0.2) is 0 Å². The van der Waals surface area contributed by atoms with Crippen molar-refractivity contribution < 1.29 is 4.74 Å². The minimum atomic E-state index is 0.316. The van der Waals surface area contributed by atoms with Crippen molar-refractivity contribution in [3.8, 4) is 0 Å². The Kier molecular flexibility index (Phi) is 3.56. The first kappa shape index (κ1) is 11.6. The summed E-state index contributed by atoms with van der Waals surface area (Å²) in [5.74, 6) is 0.538. The third-order valence-corrected chi connectivity index (χ3v) is 3.44. The number of hydrogen-bond acceptors (Lipinski definition) is 3. The molecule has 3 N–H and O–H groups in total. The zero-order valence-corrected chi connectivity index (χ0v) is 10.1. The molecule has 3 nitrogen and oxygen atoms in total. The number of benzene rings is 1. The Balaban J connectivity index is 1.99. The molecule has 1 aromatic rings. The molecule has 88 valence electrons. The van der Waals surface area contributed by atoms with Crippen LogP contribution in [-0.2, 0) is 4.74 Å². The molecule has 1 aliphatic heterocycles. The topological polar surface area (TPSA) is 47.3 Å². The van der Waals surface area contributed by atoms with Crippen LogP contribution in [0.25, 0.3) is 0 Å². The number of halogens is 1. The lowest BCUT2D eigenvalue weighted by molar-refractivity contribution is 0.108. The van der Waals surface area contributed by atoms with Crippen LogP contribution in [0.2, 0.25) is 5.02 Å². The van der Waals surface area contributed by atoms with E-state index in [1.165, 1.54) is 0 Å². The lowest BCUT2D eigenvalue weighted by atomic mass is 10.0. The molecular formula is C12H17ClN2O. The molecule has 0 radical (unpaired) electrons. The molecule has 4 heteroatoms. The van der Waals surface area contributed by atoms with E-state index in [1.807, 2.05) is 18.2 Å². The summed E-state index contributed by atoms with van der Waals surface area (Å²) in [4.78, 5) is 0. The van der Waals surface area contributed by atoms with Gasteiger partial charge in [0.2, 0.25) is 0 Å². The first-order valence-electron chi connectivity index (χ1n) is 5.58. The third-order valence-electron chi connectivity index (χ3n) is 3.12. The summed E-state index contributed by atoms with van der Waals surface area (Å²) in [5, 5.41) is 3.99. The number of nitrogens with one attached hydrogen (secondary N) is 1. The van der Waals surface area contributed by atoms with E-state index < -0.39 is 0 Å². The molecule has 1 heterocycles. The number of ether oxygens (including phenoxy) is 1. The molecule has 0 amide bonds. The van der Waals surface area contributed by atoms with Crippen molar-refractivity contribution in [2.24, 2.45) is 5.92 Å². The van der Waals surface area contributed by atoms with E-state index in [2.05, 4.69) is 12.2 Å². The molecule has 0 aromatic heterocycles. The second-order valence-electron chi connectivity index (χ2n) is 4.21. The molecule has 2 atom stereocenters. The molecule has 16 heavy (non-hydrogen) atoms. The number of rotatable bonds is 3. The molecule has 0 bridgehead atoms. The monoisotopic (exact) mass is 240 g/mol. The van der Waals surface area contributed by atoms with Gasteiger partial charge in [0.05, 0.1) is 22.5 Å². The lowest BCUT2D eigenvalue weighted by Crippen LogP contribution is -2.21. The van der Waals surface area contributed by atoms with E-state index in [0.29, 0.717) is 22.7 Å². The molecule has 0 spiro atoms. The molecular weight excluding hydrogens is 224 g/mol. The fraction of sp³-hybridized carbons (Fsp3) is 0.500. The SMILES string of the molecule is CC1OCCC1CNc1c(N)cccc1Cl. The Morgan fingerprint density at radius 1 is 1.56 bits per heavy atom. The van der Waals surface area contributed by atoms with Gasteiger partial charge in [-0.2, -0.15) is 0 Å². The van der Waals surface area contributed by atoms with Gasteiger partial charge >= 0.3 is 0 Å². The van der Waals surface area contributed by atoms with Crippen LogP contribution < -0.4 is 11.1 Å². The average molecular weight is 241 g/mol. The van der Waals surface area contributed by atoms with Gasteiger partial charge < -0.3 is 15.8 Å². The van der Waals surface area contributed by atoms with E-state index in [4.69, 9.17) is 22.1 Å². The second kappa shape index (κ2) is 4.93. The van der Waals surface area contributed by atoms with Crippen molar-refractivity contribution >= 4 is 23.0 Å². The van der Waals surface area contributed by atoms with E-state index in [0.717, 1.165) is 25.3 Å². The summed E-state index contributed by atoms with van der Waals surface area (Å²) in [6, 6.07) is 5.54. The van der Waals surface area contributed by atoms with Gasteiger partial charge in [0, 0.05) is 19.1 Å². The highest BCUT2D eigenvalue weighted by molar-refractivity contribution is 6.33. The van der Waals surface area contributed by atoms with E-state index >= 15 is 0 Å². The molecule has 2 unspecified atom stereocenters. The van der Waals surface area contributed by atoms with Crippen LogP contribution in [0.1, 0.15) is 13.3 Å². The zero-order valence-electron chi connectivity index (χ0n) is 9.37. The standard InChI is InChI=1S/C12H17ClN2O/c1-8-9(5-6-16-8)7-15-12-10(13)3-2-4-11(12)14/h2-4,8-9,15H,5-7,14H2,1H3. The Hall–Kier alpha value is -0.930. The molecule has 1 saturated heterocycles. The maximum atomic E-state index is 6.08. The number of nitrogens with two attached hydrogens (primary N) is 1. The molecule has 1 aromatic carbocycles. The van der Waals surface area contributed by atoms with E-state index in [-0.39, 0.29) is 0 Å². The second-order valence-corrected chi connectivity index (χ2v) is 4.62. The fourth-order valence-electron chi connectivity index (χ4n) is 2.00. The quantitative estimate of drug-likeness (QED) is 0.799. The predicted molar refractivity (Wildman–Crippen MR) is 67.9 cm³/mol. The average Bonchev–Trinajstić information content (AvgIpc) is 2.64. The predicted octanol–water partition coefficient (Wildman–Crippen LogP) is 2.76. The van der Waals surface area contributed by atoms with Crippen LogP contribution in [0.15, 0.2) is 18.2 Å². The van der Waals surface area contributed by atoms with Gasteiger partial charge in [-0.3, -0.25) is 0 Å². The molecule has 1 aliphatic rings. The Morgan fingerprint density at radius 3 is 3.00 bits per heavy atom. The normalized spacial score (nSPS) is 24.6. The van der Waals surface area contributed by atoms with Crippen LogP contribution in [0.4, 0.5) is 11.4 Å². The van der Waals surface area contributed by atoms with Gasteiger partial charge in [-0.05, 0) is 25.5 Å². The lowest BCUT2D eigenvalue weighted by Gasteiger charge is -2.17. The Labute approximate surface area is 101 Å². The summed E-state index contributed by atoms with van der Waals surface area (Å²) in [6.07, 6.45) is 1.41. The van der Waals surface area contributed by atoms with E-state index in [9.17, 15) is 0 Å². The van der Waals surface area contributed by atoms with Crippen molar-refractivity contribution in [1.82, 2.24) is 0 Å². The number of anilines is 2. The van der Waals surface area contributed by atoms with Crippen molar-refractivity contribution in [2.75, 3.05) is 24.2 Å². The van der Waals surface area contributed by atoms with Crippen molar-refractivity contribution in [3.05, 3.63) is 23.2 Å². The van der Waals surface area contributed by atoms with Crippen LogP contribution in [-0.4, -0.2) is 19.3 Å². The summed E-state index contributed by atoms with van der Waals surface area (Å²) in [6.45, 7) is 3.82. The number of para-hydroxylation sites is 1. The molecule has 0 saturated carbocycles. The summed E-state index contributed by atoms with van der Waals surface area (Å²) in [7, 11) is 0. The van der Waals surface area contributed by atoms with E-state index in [1.54, 1.807) is 0 Å². The highest BCUT2D eigenvalue weighted by atomic mass is 35.5. The summed E-state index contributed by atoms with van der Waals surface area (Å²) < 4.78 is 5.51.